The van der Waals surface area contributed by atoms with Crippen molar-refractivity contribution >= 4 is 11.6 Å². The van der Waals surface area contributed by atoms with E-state index in [-0.39, 0.29) is 12.5 Å². The lowest BCUT2D eigenvalue weighted by Crippen LogP contribution is -2.32. The number of amides is 1. The van der Waals surface area contributed by atoms with Crippen molar-refractivity contribution in [3.05, 3.63) is 24.3 Å². The van der Waals surface area contributed by atoms with Crippen LogP contribution in [0, 0.1) is 0 Å². The van der Waals surface area contributed by atoms with Crippen molar-refractivity contribution in [1.82, 2.24) is 4.90 Å². The summed E-state index contributed by atoms with van der Waals surface area (Å²) in [6, 6.07) is 7.09. The van der Waals surface area contributed by atoms with Crippen molar-refractivity contribution in [2.45, 2.75) is 26.2 Å². The zero-order valence-corrected chi connectivity index (χ0v) is 11.2. The molecule has 0 aliphatic rings. The summed E-state index contributed by atoms with van der Waals surface area (Å²) in [5.41, 5.74) is 6.27. The number of likely N-dealkylation sites (N-methyl/N-ethyl adjacent to an activating group) is 1. The lowest BCUT2D eigenvalue weighted by atomic mass is 10.2. The molecule has 100 valence electrons. The van der Waals surface area contributed by atoms with Gasteiger partial charge in [-0.1, -0.05) is 25.8 Å². The minimum absolute atomic E-state index is 0.00599. The Morgan fingerprint density at radius 2 is 2.17 bits per heavy atom. The summed E-state index contributed by atoms with van der Waals surface area (Å²) >= 11 is 0. The molecule has 0 aliphatic carbocycles. The topological polar surface area (TPSA) is 55.6 Å². The molecule has 0 saturated heterocycles. The van der Waals surface area contributed by atoms with Gasteiger partial charge in [0.05, 0.1) is 0 Å². The molecule has 0 radical (unpaired) electrons. The van der Waals surface area contributed by atoms with Gasteiger partial charge in [0.2, 0.25) is 0 Å². The molecule has 1 amide bonds. The second kappa shape index (κ2) is 7.58. The van der Waals surface area contributed by atoms with Crippen LogP contribution in [0.15, 0.2) is 24.3 Å². The first-order valence-corrected chi connectivity index (χ1v) is 6.35. The number of nitrogens with zero attached hydrogens (tertiary/aromatic N) is 1. The van der Waals surface area contributed by atoms with E-state index >= 15 is 0 Å². The van der Waals surface area contributed by atoms with Gasteiger partial charge in [-0.15, -0.1) is 0 Å². The molecule has 0 saturated carbocycles. The number of unbranched alkanes of at least 4 members (excludes halogenated alkanes) is 2. The van der Waals surface area contributed by atoms with E-state index in [9.17, 15) is 4.79 Å². The summed E-state index contributed by atoms with van der Waals surface area (Å²) in [5, 5.41) is 0. The molecule has 0 heterocycles. The number of carbonyl (C=O) groups is 1. The summed E-state index contributed by atoms with van der Waals surface area (Å²) in [6.45, 7) is 2.99. The van der Waals surface area contributed by atoms with Gasteiger partial charge in [-0.2, -0.15) is 0 Å². The highest BCUT2D eigenvalue weighted by atomic mass is 16.5. The van der Waals surface area contributed by atoms with Gasteiger partial charge >= 0.3 is 0 Å². The number of hydrogen-bond donors (Lipinski definition) is 1. The fourth-order valence-corrected chi connectivity index (χ4v) is 1.58. The summed E-state index contributed by atoms with van der Waals surface area (Å²) in [4.78, 5) is 13.5. The van der Waals surface area contributed by atoms with E-state index in [0.29, 0.717) is 11.4 Å². The number of nitrogen functional groups attached to an aromatic ring is 1. The fourth-order valence-electron chi connectivity index (χ4n) is 1.58. The third-order valence-corrected chi connectivity index (χ3v) is 2.74. The van der Waals surface area contributed by atoms with Crippen LogP contribution in [0.2, 0.25) is 0 Å². The third kappa shape index (κ3) is 5.08. The van der Waals surface area contributed by atoms with Crippen molar-refractivity contribution in [2.24, 2.45) is 0 Å². The van der Waals surface area contributed by atoms with E-state index in [1.54, 1.807) is 36.2 Å². The molecule has 0 aliphatic heterocycles. The Morgan fingerprint density at radius 1 is 1.39 bits per heavy atom. The third-order valence-electron chi connectivity index (χ3n) is 2.74. The number of nitrogens with two attached hydrogens (primary N) is 1. The minimum Gasteiger partial charge on any atom is -0.484 e. The SMILES string of the molecule is CCCCCN(C)C(=O)COc1cccc(N)c1. The molecule has 0 unspecified atom stereocenters. The Kier molecular flexibility index (Phi) is 6.05. The molecular formula is C14H22N2O2. The van der Waals surface area contributed by atoms with E-state index in [0.717, 1.165) is 25.8 Å². The Morgan fingerprint density at radius 3 is 2.83 bits per heavy atom. The molecule has 1 aromatic rings. The van der Waals surface area contributed by atoms with Gasteiger partial charge < -0.3 is 15.4 Å². The van der Waals surface area contributed by atoms with Crippen LogP contribution in [-0.4, -0.2) is 31.0 Å². The zero-order valence-electron chi connectivity index (χ0n) is 11.2. The lowest BCUT2D eigenvalue weighted by molar-refractivity contribution is -0.132. The molecule has 0 aromatic heterocycles. The Hall–Kier alpha value is -1.71. The van der Waals surface area contributed by atoms with Gasteiger partial charge in [-0.25, -0.2) is 0 Å². The monoisotopic (exact) mass is 250 g/mol. The maximum Gasteiger partial charge on any atom is 0.260 e. The molecule has 1 rings (SSSR count). The van der Waals surface area contributed by atoms with Crippen LogP contribution in [-0.2, 0) is 4.79 Å². The summed E-state index contributed by atoms with van der Waals surface area (Å²) in [7, 11) is 1.81. The van der Waals surface area contributed by atoms with Gasteiger partial charge in [-0.3, -0.25) is 4.79 Å². The zero-order chi connectivity index (χ0) is 13.4. The summed E-state index contributed by atoms with van der Waals surface area (Å²) in [5.74, 6) is 0.624. The standard InChI is InChI=1S/C14H22N2O2/c1-3-4-5-9-16(2)14(17)11-18-13-8-6-7-12(15)10-13/h6-8,10H,3-5,9,11,15H2,1-2H3. The highest BCUT2D eigenvalue weighted by Gasteiger charge is 2.08. The average Bonchev–Trinajstić information content (AvgIpc) is 2.36. The number of rotatable bonds is 7. The second-order valence-corrected chi connectivity index (χ2v) is 4.38. The first-order chi connectivity index (χ1) is 8.63. The van der Waals surface area contributed by atoms with Crippen molar-refractivity contribution < 1.29 is 9.53 Å². The van der Waals surface area contributed by atoms with E-state index < -0.39 is 0 Å². The van der Waals surface area contributed by atoms with Crippen LogP contribution >= 0.6 is 0 Å². The second-order valence-electron chi connectivity index (χ2n) is 4.38. The quantitative estimate of drug-likeness (QED) is 0.596. The van der Waals surface area contributed by atoms with Crippen molar-refractivity contribution in [3.8, 4) is 5.75 Å². The average molecular weight is 250 g/mol. The molecular weight excluding hydrogens is 228 g/mol. The number of benzene rings is 1. The van der Waals surface area contributed by atoms with Crippen molar-refractivity contribution in [2.75, 3.05) is 25.9 Å². The molecule has 0 bridgehead atoms. The fraction of sp³-hybridized carbons (Fsp3) is 0.500. The normalized spacial score (nSPS) is 10.1. The number of hydrogen-bond acceptors (Lipinski definition) is 3. The van der Waals surface area contributed by atoms with Crippen LogP contribution in [0.25, 0.3) is 0 Å². The van der Waals surface area contributed by atoms with Crippen molar-refractivity contribution in [1.29, 1.82) is 0 Å². The Bertz CT molecular complexity index is 380. The first kappa shape index (κ1) is 14.4. The molecule has 2 N–H and O–H groups in total. The Balaban J connectivity index is 2.32. The van der Waals surface area contributed by atoms with Crippen LogP contribution < -0.4 is 10.5 Å². The maximum atomic E-state index is 11.8. The maximum absolute atomic E-state index is 11.8. The Labute approximate surface area is 109 Å². The molecule has 1 aromatic carbocycles. The van der Waals surface area contributed by atoms with E-state index in [2.05, 4.69) is 6.92 Å². The molecule has 4 heteroatoms. The van der Waals surface area contributed by atoms with Gasteiger partial charge in [0, 0.05) is 25.3 Å². The van der Waals surface area contributed by atoms with Gasteiger partial charge in [0.25, 0.3) is 5.91 Å². The van der Waals surface area contributed by atoms with Crippen LogP contribution in [0.1, 0.15) is 26.2 Å². The van der Waals surface area contributed by atoms with Crippen LogP contribution in [0.5, 0.6) is 5.75 Å². The molecule has 18 heavy (non-hydrogen) atoms. The predicted octanol–water partition coefficient (Wildman–Crippen LogP) is 2.30. The van der Waals surface area contributed by atoms with E-state index in [4.69, 9.17) is 10.5 Å². The highest BCUT2D eigenvalue weighted by Crippen LogP contribution is 2.14. The van der Waals surface area contributed by atoms with Gasteiger partial charge in [-0.05, 0) is 18.6 Å². The first-order valence-electron chi connectivity index (χ1n) is 6.35. The molecule has 4 nitrogen and oxygen atoms in total. The molecule has 0 atom stereocenters. The van der Waals surface area contributed by atoms with E-state index in [1.165, 1.54) is 0 Å². The minimum atomic E-state index is -0.00599. The van der Waals surface area contributed by atoms with Crippen molar-refractivity contribution in [3.63, 3.8) is 0 Å². The number of carbonyl (C=O) groups excluding carboxylic acids is 1. The largest absolute Gasteiger partial charge is 0.484 e. The van der Waals surface area contributed by atoms with Gasteiger partial charge in [0.15, 0.2) is 6.61 Å². The van der Waals surface area contributed by atoms with Crippen LogP contribution in [0.4, 0.5) is 5.69 Å². The summed E-state index contributed by atoms with van der Waals surface area (Å²) < 4.78 is 5.40. The van der Waals surface area contributed by atoms with Gasteiger partial charge in [0.1, 0.15) is 5.75 Å². The lowest BCUT2D eigenvalue weighted by Gasteiger charge is -2.17. The van der Waals surface area contributed by atoms with Crippen LogP contribution in [0.3, 0.4) is 0 Å². The summed E-state index contributed by atoms with van der Waals surface area (Å²) in [6.07, 6.45) is 3.34. The smallest absolute Gasteiger partial charge is 0.260 e. The van der Waals surface area contributed by atoms with E-state index in [1.807, 2.05) is 0 Å². The predicted molar refractivity (Wildman–Crippen MR) is 73.5 cm³/mol. The molecule has 0 fully saturated rings. The highest BCUT2D eigenvalue weighted by molar-refractivity contribution is 5.77. The number of ether oxygens (including phenoxy) is 1. The number of anilines is 1. The molecule has 0 spiro atoms.